The van der Waals surface area contributed by atoms with Crippen LogP contribution in [0.15, 0.2) is 402 Å². The van der Waals surface area contributed by atoms with Crippen LogP contribution in [0, 0.1) is 5.95 Å². The molecule has 0 radical (unpaired) electrons. The molecule has 0 saturated carbocycles. The number of carboxylic acid groups (broad SMARTS) is 1. The van der Waals surface area contributed by atoms with Gasteiger partial charge in [0.2, 0.25) is 47.4 Å². The standard InChI is InChI=1S/C21H20N2O2.C18H16N2O2.2C17H16ClN5.C17H16FN5.C17H16N4O.CO2/c24-21(25)18-5-4-8-20(13-18)23-15-17-11-9-16(10-12-17)14-22-19-6-2-1-3-7-19;1-3-11-19-17(5-1)21-13-15-7-9-16(10-8-15)14-22-18-6-2-4-12-20-18;18-15-6-7-16(22-12-15)21-10-13-2-4-14(5-3-13)11-23-17-19-8-1-9-20-17;2*18-15-3-1-4-16(23-15)21-11-13-5-7-14(8-6-13)12-22-17-19-9-2-10-20-17;1-2-9-18-16(4-1)22-13-15-7-5-14(6-8-15)12-21-17-19-10-3-11-20-17;2-1-3/h1-13,22-23H,14-15H2,(H,24,25);1-12H,13-14H2;1-9,12H,10-11H2,(H,21,22)(H,19,20,23);2*1-10H,11-12H2,(H,21,23)(H,19,20,22);1-11H,12-13H2,(H,19,20,21);. The first-order valence-corrected chi connectivity index (χ1v) is 45.1. The minimum absolute atomic E-state index is 0.250. The second kappa shape index (κ2) is 59.0. The van der Waals surface area contributed by atoms with Gasteiger partial charge in [-0.3, -0.25) is 0 Å². The van der Waals surface area contributed by atoms with Crippen molar-refractivity contribution in [2.75, 3.05) is 47.9 Å². The number of nitrogens with one attached hydrogen (secondary N) is 9. The number of ether oxygens (including phenoxy) is 3. The summed E-state index contributed by atoms with van der Waals surface area (Å²) >= 11 is 11.7. The molecule has 18 rings (SSSR count). The minimum atomic E-state index is -0.918. The van der Waals surface area contributed by atoms with Gasteiger partial charge in [-0.25, -0.2) is 74.6 Å². The van der Waals surface area contributed by atoms with Gasteiger partial charge in [-0.1, -0.05) is 223 Å². The van der Waals surface area contributed by atoms with Crippen molar-refractivity contribution >= 4 is 87.9 Å². The van der Waals surface area contributed by atoms with E-state index >= 15 is 0 Å². The van der Waals surface area contributed by atoms with Crippen molar-refractivity contribution in [1.82, 2.24) is 69.8 Å². The SMILES string of the molecule is Clc1ccc(NCc2ccc(CNc3ncccn3)cc2)nc1.Clc1cccc(NCc2ccc(CNc3ncccn3)cc2)n1.Fc1cccc(NCc2ccc(CNc3ncccn3)cc2)n1.O=C(O)c1cccc(NCc2ccc(CNc3ccccc3)cc2)c1.O=C=O.c1ccc(OCc2ccc(CNc3ncccn3)cc2)nc1.c1ccc(OCc2ccc(COc3ccccn3)cc2)nc1. The average molecular weight is 1920 g/mol. The Kier molecular flexibility index (Phi) is 42.6. The van der Waals surface area contributed by atoms with E-state index in [1.54, 1.807) is 135 Å². The van der Waals surface area contributed by atoms with Crippen molar-refractivity contribution in [1.29, 1.82) is 0 Å². The smallest absolute Gasteiger partial charge is 0.373 e. The Morgan fingerprint density at radius 1 is 0.277 bits per heavy atom. The molecule has 0 saturated heterocycles. The van der Waals surface area contributed by atoms with Crippen LogP contribution in [0.25, 0.3) is 0 Å². The Hall–Kier alpha value is -18.1. The second-order valence-electron chi connectivity index (χ2n) is 30.1. The molecule has 0 amide bonds. The van der Waals surface area contributed by atoms with Crippen LogP contribution >= 0.6 is 23.2 Å². The lowest BCUT2D eigenvalue weighted by Crippen LogP contribution is -2.04. The Labute approximate surface area is 825 Å². The molecule has 0 fully saturated rings. The summed E-state index contributed by atoms with van der Waals surface area (Å²) in [5.41, 5.74) is 15.9. The molecule has 0 bridgehead atoms. The Bertz CT molecular complexity index is 6230. The highest BCUT2D eigenvalue weighted by atomic mass is 35.5. The van der Waals surface area contributed by atoms with Crippen LogP contribution in [0.5, 0.6) is 17.6 Å². The highest BCUT2D eigenvalue weighted by Crippen LogP contribution is 2.21. The third kappa shape index (κ3) is 39.8. The molecular formula is C108H100Cl2FN23O7. The zero-order valence-corrected chi connectivity index (χ0v) is 77.9. The summed E-state index contributed by atoms with van der Waals surface area (Å²) in [6.45, 7) is 7.65. The molecule has 0 aliphatic carbocycles. The maximum atomic E-state index is 13.0. The first-order chi connectivity index (χ1) is 69.3. The van der Waals surface area contributed by atoms with Gasteiger partial charge in [-0.05, 0) is 176 Å². The van der Waals surface area contributed by atoms with Crippen molar-refractivity contribution in [2.24, 2.45) is 0 Å². The molecule has 0 atom stereocenters. The molecule has 0 aliphatic heterocycles. The van der Waals surface area contributed by atoms with E-state index in [-0.39, 0.29) is 11.7 Å². The molecule has 10 aromatic heterocycles. The van der Waals surface area contributed by atoms with Crippen molar-refractivity contribution < 1.29 is 38.1 Å². The molecule has 710 valence electrons. The number of aromatic nitrogens is 14. The maximum Gasteiger partial charge on any atom is 0.373 e. The topological polar surface area (TPSA) is 388 Å². The number of nitrogens with zero attached hydrogens (tertiary/aromatic N) is 14. The summed E-state index contributed by atoms with van der Waals surface area (Å²) in [4.78, 5) is 84.8. The van der Waals surface area contributed by atoms with E-state index in [1.165, 1.54) is 33.9 Å². The number of halogens is 3. The molecule has 18 aromatic rings. The fourth-order valence-corrected chi connectivity index (χ4v) is 12.7. The maximum absolute atomic E-state index is 13.0. The Morgan fingerprint density at radius 3 is 0.887 bits per heavy atom. The van der Waals surface area contributed by atoms with Crippen molar-refractivity contribution in [2.45, 2.75) is 78.7 Å². The number of carbonyl (C=O) groups is 1. The van der Waals surface area contributed by atoms with Gasteiger partial charge in [0.1, 0.15) is 42.4 Å². The van der Waals surface area contributed by atoms with E-state index in [0.717, 1.165) is 68.5 Å². The normalized spacial score (nSPS) is 10.1. The molecular weight excluding hydrogens is 1820 g/mol. The molecule has 0 spiro atoms. The predicted molar refractivity (Wildman–Crippen MR) is 546 cm³/mol. The van der Waals surface area contributed by atoms with Crippen LogP contribution in [-0.2, 0) is 88.3 Å². The number of rotatable bonds is 37. The molecule has 8 aromatic carbocycles. The number of carbonyl (C=O) groups excluding carboxylic acids is 2. The summed E-state index contributed by atoms with van der Waals surface area (Å²) in [5.74, 6) is 5.09. The number of carboxylic acids is 1. The van der Waals surface area contributed by atoms with Crippen molar-refractivity contribution in [3.63, 3.8) is 0 Å². The van der Waals surface area contributed by atoms with Gasteiger partial charge in [-0.15, -0.1) is 0 Å². The quantitative estimate of drug-likeness (QED) is 0.0162. The summed E-state index contributed by atoms with van der Waals surface area (Å²) in [6, 6.07) is 104. The molecule has 30 nitrogen and oxygen atoms in total. The molecule has 10 heterocycles. The monoisotopic (exact) mass is 1920 g/mol. The van der Waals surface area contributed by atoms with E-state index in [4.69, 9.17) is 52.1 Å². The van der Waals surface area contributed by atoms with Crippen LogP contribution in [0.3, 0.4) is 0 Å². The van der Waals surface area contributed by atoms with Crippen LogP contribution in [-0.4, -0.2) is 87.0 Å². The molecule has 141 heavy (non-hydrogen) atoms. The number of hydrogen-bond donors (Lipinski definition) is 10. The Balaban J connectivity index is 0.000000150. The van der Waals surface area contributed by atoms with Gasteiger partial charge >= 0.3 is 12.1 Å². The van der Waals surface area contributed by atoms with E-state index in [9.17, 15) is 9.18 Å². The molecule has 10 N–H and O–H groups in total. The van der Waals surface area contributed by atoms with Gasteiger partial charge in [0.05, 0.1) is 10.6 Å². The van der Waals surface area contributed by atoms with E-state index in [1.807, 2.05) is 176 Å². The second-order valence-corrected chi connectivity index (χ2v) is 31.0. The van der Waals surface area contributed by atoms with E-state index in [2.05, 4.69) is 203 Å². The first kappa shape index (κ1) is 102. The van der Waals surface area contributed by atoms with Crippen molar-refractivity contribution in [3.8, 4) is 17.6 Å². The highest BCUT2D eigenvalue weighted by Gasteiger charge is 2.09. The first-order valence-electron chi connectivity index (χ1n) is 44.4. The zero-order valence-electron chi connectivity index (χ0n) is 76.4. The fraction of sp³-hybridized carbons (Fsp3) is 0.111. The molecule has 0 unspecified atom stereocenters. The number of pyridine rings is 6. The lowest BCUT2D eigenvalue weighted by Gasteiger charge is -2.09. The van der Waals surface area contributed by atoms with Gasteiger partial charge in [0, 0.05) is 163 Å². The van der Waals surface area contributed by atoms with Crippen LogP contribution in [0.1, 0.15) is 77.1 Å². The Morgan fingerprint density at radius 2 is 0.567 bits per heavy atom. The van der Waals surface area contributed by atoms with E-state index < -0.39 is 11.9 Å². The largest absolute Gasteiger partial charge is 0.478 e. The number of benzene rings is 8. The minimum Gasteiger partial charge on any atom is -0.478 e. The van der Waals surface area contributed by atoms with Crippen LogP contribution in [0.2, 0.25) is 10.2 Å². The summed E-state index contributed by atoms with van der Waals surface area (Å²) in [5, 5.41) is 39.1. The molecule has 0 aliphatic rings. The lowest BCUT2D eigenvalue weighted by molar-refractivity contribution is -0.191. The third-order valence-corrected chi connectivity index (χ3v) is 20.2. The number of hydrogen-bond acceptors (Lipinski definition) is 29. The summed E-state index contributed by atoms with van der Waals surface area (Å²) in [7, 11) is 0. The predicted octanol–water partition coefficient (Wildman–Crippen LogP) is 21.5. The van der Waals surface area contributed by atoms with Gasteiger partial charge < -0.3 is 67.2 Å². The number of anilines is 9. The average Bonchev–Trinajstić information content (AvgIpc) is 0.871. The lowest BCUT2D eigenvalue weighted by atomic mass is 10.1. The van der Waals surface area contributed by atoms with Gasteiger partial charge in [0.15, 0.2) is 0 Å². The van der Waals surface area contributed by atoms with Gasteiger partial charge in [0.25, 0.3) is 0 Å². The fourth-order valence-electron chi connectivity index (χ4n) is 12.4. The molecule has 33 heteroatoms. The third-order valence-electron chi connectivity index (χ3n) is 19.7. The summed E-state index contributed by atoms with van der Waals surface area (Å²) < 4.78 is 29.8. The zero-order chi connectivity index (χ0) is 98.0. The number of aromatic carboxylic acids is 1. The van der Waals surface area contributed by atoms with Crippen molar-refractivity contribution in [3.05, 3.63) is 490 Å². The van der Waals surface area contributed by atoms with Crippen LogP contribution < -0.4 is 62.1 Å². The summed E-state index contributed by atoms with van der Waals surface area (Å²) in [6.07, 6.45) is 20.7. The van der Waals surface area contributed by atoms with Gasteiger partial charge in [-0.2, -0.15) is 14.0 Å². The van der Waals surface area contributed by atoms with Crippen LogP contribution in [0.4, 0.5) is 57.0 Å². The highest BCUT2D eigenvalue weighted by molar-refractivity contribution is 6.30. The number of para-hydroxylation sites is 1. The van der Waals surface area contributed by atoms with E-state index in [0.29, 0.717) is 130 Å².